The Bertz CT molecular complexity index is 783. The van der Waals surface area contributed by atoms with Gasteiger partial charge in [0.25, 0.3) is 0 Å². The van der Waals surface area contributed by atoms with Crippen molar-refractivity contribution in [1.82, 2.24) is 19.5 Å². The van der Waals surface area contributed by atoms with Gasteiger partial charge in [0.1, 0.15) is 5.69 Å². The molecule has 142 valence electrons. The summed E-state index contributed by atoms with van der Waals surface area (Å²) in [5, 5.41) is 4.37. The molecule has 4 rings (SSSR count). The smallest absolute Gasteiger partial charge is 0.292 e. The number of fused-ring (bicyclic) bond motifs is 1. The normalized spacial score (nSPS) is 23.2. The van der Waals surface area contributed by atoms with Gasteiger partial charge in [0, 0.05) is 17.8 Å². The first-order chi connectivity index (χ1) is 12.5. The monoisotopic (exact) mass is 384 g/mol. The minimum atomic E-state index is -4.44. The summed E-state index contributed by atoms with van der Waals surface area (Å²) in [5.74, 6) is 2.33. The molecule has 0 aliphatic carbocycles. The predicted octanol–water partition coefficient (Wildman–Crippen LogP) is 4.34. The molecule has 0 amide bonds. The van der Waals surface area contributed by atoms with E-state index >= 15 is 0 Å². The number of alkyl halides is 3. The Balaban J connectivity index is 1.72. The third kappa shape index (κ3) is 3.33. The highest BCUT2D eigenvalue weighted by atomic mass is 32.2. The van der Waals surface area contributed by atoms with Crippen molar-refractivity contribution >= 4 is 17.4 Å². The molecule has 0 saturated carbocycles. The minimum absolute atomic E-state index is 0.107. The Morgan fingerprint density at radius 2 is 1.96 bits per heavy atom. The zero-order valence-electron chi connectivity index (χ0n) is 14.8. The number of nitrogens with zero attached hydrogens (tertiary/aromatic N) is 4. The highest BCUT2D eigenvalue weighted by molar-refractivity contribution is 7.99. The van der Waals surface area contributed by atoms with Crippen molar-refractivity contribution in [2.45, 2.75) is 57.3 Å². The fourth-order valence-electron chi connectivity index (χ4n) is 4.15. The molecule has 2 aliphatic heterocycles. The van der Waals surface area contributed by atoms with E-state index in [2.05, 4.69) is 15.0 Å². The molecule has 0 N–H and O–H groups in total. The fraction of sp³-hybridized carbons (Fsp3) is 0.667. The van der Waals surface area contributed by atoms with Crippen molar-refractivity contribution in [3.63, 3.8) is 0 Å². The molecule has 0 radical (unpaired) electrons. The Morgan fingerprint density at radius 3 is 2.65 bits per heavy atom. The topological polar surface area (TPSA) is 33.4 Å². The van der Waals surface area contributed by atoms with Gasteiger partial charge < -0.3 is 0 Å². The van der Waals surface area contributed by atoms with Crippen LogP contribution in [0.5, 0.6) is 0 Å². The number of hydrogen-bond acceptors (Lipinski definition) is 4. The van der Waals surface area contributed by atoms with Gasteiger partial charge in [-0.2, -0.15) is 30.0 Å². The van der Waals surface area contributed by atoms with Crippen molar-refractivity contribution < 1.29 is 13.2 Å². The molecule has 2 aliphatic rings. The largest absolute Gasteiger partial charge is 0.433 e. The summed E-state index contributed by atoms with van der Waals surface area (Å²) in [4.78, 5) is 6.84. The van der Waals surface area contributed by atoms with Crippen LogP contribution in [-0.2, 0) is 12.6 Å². The van der Waals surface area contributed by atoms with Gasteiger partial charge in [-0.25, -0.2) is 9.50 Å². The van der Waals surface area contributed by atoms with Crippen LogP contribution in [0.15, 0.2) is 12.1 Å². The zero-order valence-corrected chi connectivity index (χ0v) is 15.6. The van der Waals surface area contributed by atoms with E-state index in [-0.39, 0.29) is 6.04 Å². The number of thioether (sulfide) groups is 1. The lowest BCUT2D eigenvalue weighted by Gasteiger charge is -2.34. The van der Waals surface area contributed by atoms with Crippen LogP contribution >= 0.6 is 11.8 Å². The molecule has 2 fully saturated rings. The molecular formula is C18H23F3N4S. The third-order valence-electron chi connectivity index (χ3n) is 5.45. The number of aromatic nitrogens is 3. The fourth-order valence-corrected chi connectivity index (χ4v) is 5.23. The molecule has 2 aromatic rings. The van der Waals surface area contributed by atoms with E-state index in [0.29, 0.717) is 23.8 Å². The summed E-state index contributed by atoms with van der Waals surface area (Å²) < 4.78 is 41.4. The summed E-state index contributed by atoms with van der Waals surface area (Å²) in [5.41, 5.74) is 0.748. The molecule has 1 atom stereocenters. The maximum Gasteiger partial charge on any atom is 0.433 e. The highest BCUT2D eigenvalue weighted by Gasteiger charge is 2.37. The van der Waals surface area contributed by atoms with Crippen LogP contribution in [0.2, 0.25) is 0 Å². The van der Waals surface area contributed by atoms with Crippen LogP contribution in [-0.4, -0.2) is 43.6 Å². The Kier molecular flexibility index (Phi) is 4.90. The SMILES string of the molecule is CCc1cc(C(F)(F)F)n2nc(C3CCCN3C3CCSCC3)cc2n1. The first kappa shape index (κ1) is 18.1. The average Bonchev–Trinajstić information content (AvgIpc) is 3.27. The van der Waals surface area contributed by atoms with Gasteiger partial charge in [-0.15, -0.1) is 0 Å². The number of likely N-dealkylation sites (tertiary alicyclic amines) is 1. The van der Waals surface area contributed by atoms with E-state index in [1.807, 2.05) is 18.7 Å². The van der Waals surface area contributed by atoms with Crippen LogP contribution in [0.1, 0.15) is 55.7 Å². The van der Waals surface area contributed by atoms with Crippen LogP contribution in [0.25, 0.3) is 5.65 Å². The quantitative estimate of drug-likeness (QED) is 0.788. The number of halogens is 3. The van der Waals surface area contributed by atoms with E-state index in [0.717, 1.165) is 48.5 Å². The molecule has 0 spiro atoms. The van der Waals surface area contributed by atoms with E-state index in [1.165, 1.54) is 11.5 Å². The second-order valence-electron chi connectivity index (χ2n) is 7.06. The Labute approximate surface area is 155 Å². The van der Waals surface area contributed by atoms with E-state index in [9.17, 15) is 13.2 Å². The van der Waals surface area contributed by atoms with E-state index in [4.69, 9.17) is 0 Å². The minimum Gasteiger partial charge on any atom is -0.292 e. The summed E-state index contributed by atoms with van der Waals surface area (Å²) in [6, 6.07) is 3.51. The molecule has 4 nitrogen and oxygen atoms in total. The maximum absolute atomic E-state index is 13.5. The maximum atomic E-state index is 13.5. The van der Waals surface area contributed by atoms with Gasteiger partial charge in [-0.1, -0.05) is 6.92 Å². The second kappa shape index (κ2) is 7.03. The van der Waals surface area contributed by atoms with Crippen LogP contribution < -0.4 is 0 Å². The standard InChI is InChI=1S/C18H23F3N4S/c1-2-12-10-16(18(19,20)21)25-17(22-12)11-14(23-25)15-4-3-7-24(15)13-5-8-26-9-6-13/h10-11,13,15H,2-9H2,1H3. The average molecular weight is 384 g/mol. The van der Waals surface area contributed by atoms with Crippen molar-refractivity contribution in [1.29, 1.82) is 0 Å². The van der Waals surface area contributed by atoms with Gasteiger partial charge in [0.05, 0.1) is 11.7 Å². The molecular weight excluding hydrogens is 361 g/mol. The lowest BCUT2D eigenvalue weighted by Crippen LogP contribution is -2.37. The second-order valence-corrected chi connectivity index (χ2v) is 8.29. The van der Waals surface area contributed by atoms with Crippen molar-refractivity contribution in [2.24, 2.45) is 0 Å². The molecule has 8 heteroatoms. The lowest BCUT2D eigenvalue weighted by molar-refractivity contribution is -0.142. The Morgan fingerprint density at radius 1 is 1.19 bits per heavy atom. The molecule has 0 aromatic carbocycles. The van der Waals surface area contributed by atoms with Gasteiger partial charge >= 0.3 is 6.18 Å². The summed E-state index contributed by atoms with van der Waals surface area (Å²) in [6.07, 6.45) is 0.359. The van der Waals surface area contributed by atoms with Crippen LogP contribution in [0.3, 0.4) is 0 Å². The Hall–Kier alpha value is -1.28. The molecule has 2 aromatic heterocycles. The van der Waals surface area contributed by atoms with Gasteiger partial charge in [-0.05, 0) is 56.2 Å². The predicted molar refractivity (Wildman–Crippen MR) is 96.4 cm³/mol. The van der Waals surface area contributed by atoms with Gasteiger partial charge in [0.15, 0.2) is 5.65 Å². The first-order valence-electron chi connectivity index (χ1n) is 9.27. The number of hydrogen-bond donors (Lipinski definition) is 0. The van der Waals surface area contributed by atoms with Crippen LogP contribution in [0, 0.1) is 0 Å². The van der Waals surface area contributed by atoms with E-state index < -0.39 is 11.9 Å². The number of aryl methyl sites for hydroxylation is 1. The molecule has 26 heavy (non-hydrogen) atoms. The molecule has 4 heterocycles. The summed E-state index contributed by atoms with van der Waals surface area (Å²) >= 11 is 1.99. The van der Waals surface area contributed by atoms with Crippen molar-refractivity contribution in [3.05, 3.63) is 29.2 Å². The molecule has 2 saturated heterocycles. The van der Waals surface area contributed by atoms with Crippen molar-refractivity contribution in [2.75, 3.05) is 18.1 Å². The highest BCUT2D eigenvalue weighted by Crippen LogP contribution is 2.38. The zero-order chi connectivity index (χ0) is 18.3. The lowest BCUT2D eigenvalue weighted by atomic mass is 10.1. The van der Waals surface area contributed by atoms with Crippen LogP contribution in [0.4, 0.5) is 13.2 Å². The van der Waals surface area contributed by atoms with E-state index in [1.54, 1.807) is 6.07 Å². The van der Waals surface area contributed by atoms with Gasteiger partial charge in [0.2, 0.25) is 0 Å². The number of rotatable bonds is 3. The molecule has 1 unspecified atom stereocenters. The van der Waals surface area contributed by atoms with Gasteiger partial charge in [-0.3, -0.25) is 4.90 Å². The van der Waals surface area contributed by atoms with Crippen molar-refractivity contribution in [3.8, 4) is 0 Å². The summed E-state index contributed by atoms with van der Waals surface area (Å²) in [7, 11) is 0. The summed E-state index contributed by atoms with van der Waals surface area (Å²) in [6.45, 7) is 2.82. The first-order valence-corrected chi connectivity index (χ1v) is 10.4. The molecule has 0 bridgehead atoms. The third-order valence-corrected chi connectivity index (χ3v) is 6.50.